The van der Waals surface area contributed by atoms with Crippen LogP contribution in [0, 0.1) is 13.8 Å². The number of carbonyl (C=O) groups is 2. The number of aryl methyl sites for hydroxylation is 2. The number of hydrogen-bond donors (Lipinski definition) is 2. The highest BCUT2D eigenvalue weighted by molar-refractivity contribution is 5.92. The number of para-hydroxylation sites is 1. The summed E-state index contributed by atoms with van der Waals surface area (Å²) in [4.78, 5) is 29.2. The molecule has 2 aromatic carbocycles. The van der Waals surface area contributed by atoms with Gasteiger partial charge in [0.1, 0.15) is 0 Å². The van der Waals surface area contributed by atoms with Gasteiger partial charge in [-0.3, -0.25) is 9.59 Å². The van der Waals surface area contributed by atoms with Gasteiger partial charge in [0, 0.05) is 49.2 Å². The van der Waals surface area contributed by atoms with Crippen LogP contribution in [0.4, 0.5) is 5.69 Å². The number of H-pyrrole nitrogens is 1. The van der Waals surface area contributed by atoms with Gasteiger partial charge < -0.3 is 15.2 Å². The SMILES string of the molecule is CC(=O)N(CCC(=O)NCCc1c[nH]c2ccccc12)c1cc(C)cc(C)c1. The number of nitrogens with zero attached hydrogens (tertiary/aromatic N) is 1. The first kappa shape index (κ1) is 19.7. The maximum absolute atomic E-state index is 12.3. The number of amides is 2. The Hall–Kier alpha value is -3.08. The normalized spacial score (nSPS) is 10.8. The first-order valence-electron chi connectivity index (χ1n) is 9.62. The molecule has 2 amide bonds. The lowest BCUT2D eigenvalue weighted by atomic mass is 10.1. The number of anilines is 1. The van der Waals surface area contributed by atoms with Crippen LogP contribution in [0.3, 0.4) is 0 Å². The standard InChI is InChI=1S/C23H27N3O2/c1-16-12-17(2)14-20(13-16)26(18(3)27)11-9-23(28)24-10-8-19-15-25-22-7-5-4-6-21(19)22/h4-7,12-15,25H,8-11H2,1-3H3,(H,24,28). The second-order valence-corrected chi connectivity index (χ2v) is 7.23. The summed E-state index contributed by atoms with van der Waals surface area (Å²) in [5.41, 5.74) is 5.34. The molecule has 0 bridgehead atoms. The molecule has 0 saturated carbocycles. The molecule has 3 aromatic rings. The Bertz CT molecular complexity index is 970. The largest absolute Gasteiger partial charge is 0.361 e. The smallest absolute Gasteiger partial charge is 0.223 e. The van der Waals surface area contributed by atoms with E-state index in [0.29, 0.717) is 13.1 Å². The predicted molar refractivity (Wildman–Crippen MR) is 114 cm³/mol. The second kappa shape index (κ2) is 8.74. The van der Waals surface area contributed by atoms with E-state index in [1.54, 1.807) is 4.90 Å². The lowest BCUT2D eigenvalue weighted by molar-refractivity contribution is -0.121. The van der Waals surface area contributed by atoms with E-state index < -0.39 is 0 Å². The van der Waals surface area contributed by atoms with Crippen molar-refractivity contribution in [3.05, 3.63) is 65.4 Å². The van der Waals surface area contributed by atoms with Crippen LogP contribution >= 0.6 is 0 Å². The Labute approximate surface area is 165 Å². The van der Waals surface area contributed by atoms with Gasteiger partial charge in [0.2, 0.25) is 11.8 Å². The minimum Gasteiger partial charge on any atom is -0.361 e. The number of aromatic nitrogens is 1. The van der Waals surface area contributed by atoms with Crippen molar-refractivity contribution in [3.8, 4) is 0 Å². The molecule has 0 unspecified atom stereocenters. The summed E-state index contributed by atoms with van der Waals surface area (Å²) in [6.45, 7) is 6.49. The third kappa shape index (κ3) is 4.80. The van der Waals surface area contributed by atoms with Gasteiger partial charge in [-0.15, -0.1) is 0 Å². The first-order chi connectivity index (χ1) is 13.4. The minimum absolute atomic E-state index is 0.0459. The Kier molecular flexibility index (Phi) is 6.14. The molecule has 3 rings (SSSR count). The van der Waals surface area contributed by atoms with E-state index >= 15 is 0 Å². The molecule has 0 aliphatic carbocycles. The van der Waals surface area contributed by atoms with E-state index in [9.17, 15) is 9.59 Å². The highest BCUT2D eigenvalue weighted by Gasteiger charge is 2.14. The number of benzene rings is 2. The van der Waals surface area contributed by atoms with E-state index in [-0.39, 0.29) is 18.2 Å². The van der Waals surface area contributed by atoms with E-state index in [2.05, 4.69) is 22.4 Å². The van der Waals surface area contributed by atoms with Gasteiger partial charge >= 0.3 is 0 Å². The number of fused-ring (bicyclic) bond motifs is 1. The number of rotatable bonds is 7. The average Bonchev–Trinajstić information content (AvgIpc) is 3.04. The number of aromatic amines is 1. The van der Waals surface area contributed by atoms with E-state index in [1.807, 2.05) is 50.4 Å². The summed E-state index contributed by atoms with van der Waals surface area (Å²) in [7, 11) is 0. The topological polar surface area (TPSA) is 65.2 Å². The quantitative estimate of drug-likeness (QED) is 0.656. The zero-order valence-corrected chi connectivity index (χ0v) is 16.7. The zero-order valence-electron chi connectivity index (χ0n) is 16.7. The van der Waals surface area contributed by atoms with Gasteiger partial charge in [-0.1, -0.05) is 24.3 Å². The van der Waals surface area contributed by atoms with E-state index in [0.717, 1.165) is 28.8 Å². The monoisotopic (exact) mass is 377 g/mol. The van der Waals surface area contributed by atoms with E-state index in [1.165, 1.54) is 17.9 Å². The molecule has 5 heteroatoms. The molecule has 0 radical (unpaired) electrons. The molecule has 0 spiro atoms. The molecule has 5 nitrogen and oxygen atoms in total. The summed E-state index contributed by atoms with van der Waals surface area (Å²) >= 11 is 0. The molecule has 2 N–H and O–H groups in total. The summed E-state index contributed by atoms with van der Waals surface area (Å²) < 4.78 is 0. The van der Waals surface area contributed by atoms with E-state index in [4.69, 9.17) is 0 Å². The molecule has 1 aromatic heterocycles. The highest BCUT2D eigenvalue weighted by atomic mass is 16.2. The minimum atomic E-state index is -0.0587. The Morgan fingerprint density at radius 3 is 2.50 bits per heavy atom. The van der Waals surface area contributed by atoms with Crippen LogP contribution in [0.25, 0.3) is 10.9 Å². The molecule has 1 heterocycles. The summed E-state index contributed by atoms with van der Waals surface area (Å²) in [5, 5.41) is 4.15. The molecular weight excluding hydrogens is 350 g/mol. The Morgan fingerprint density at radius 1 is 1.07 bits per heavy atom. The molecule has 28 heavy (non-hydrogen) atoms. The van der Waals surface area contributed by atoms with Crippen molar-refractivity contribution < 1.29 is 9.59 Å². The summed E-state index contributed by atoms with van der Waals surface area (Å²) in [5.74, 6) is -0.105. The van der Waals surface area contributed by atoms with Crippen LogP contribution in [0.2, 0.25) is 0 Å². The molecular formula is C23H27N3O2. The summed E-state index contributed by atoms with van der Waals surface area (Å²) in [6, 6.07) is 14.2. The average molecular weight is 377 g/mol. The van der Waals surface area contributed by atoms with Crippen molar-refractivity contribution in [2.45, 2.75) is 33.6 Å². The molecule has 0 fully saturated rings. The maximum Gasteiger partial charge on any atom is 0.223 e. The lowest BCUT2D eigenvalue weighted by Crippen LogP contribution is -2.34. The number of hydrogen-bond acceptors (Lipinski definition) is 2. The van der Waals surface area contributed by atoms with Gasteiger partial charge in [0.15, 0.2) is 0 Å². The zero-order chi connectivity index (χ0) is 20.1. The van der Waals surface area contributed by atoms with Crippen LogP contribution < -0.4 is 10.2 Å². The van der Waals surface area contributed by atoms with Gasteiger partial charge in [-0.25, -0.2) is 0 Å². The molecule has 0 atom stereocenters. The number of carbonyl (C=O) groups excluding carboxylic acids is 2. The highest BCUT2D eigenvalue weighted by Crippen LogP contribution is 2.20. The Morgan fingerprint density at radius 2 is 1.79 bits per heavy atom. The fourth-order valence-electron chi connectivity index (χ4n) is 3.55. The predicted octanol–water partition coefficient (Wildman–Crippen LogP) is 3.89. The fourth-order valence-corrected chi connectivity index (χ4v) is 3.55. The van der Waals surface area contributed by atoms with Gasteiger partial charge in [0.25, 0.3) is 0 Å². The molecule has 0 aliphatic rings. The van der Waals surface area contributed by atoms with Crippen molar-refractivity contribution in [1.82, 2.24) is 10.3 Å². The summed E-state index contributed by atoms with van der Waals surface area (Å²) in [6.07, 6.45) is 3.04. The van der Waals surface area contributed by atoms with Crippen LogP contribution in [-0.4, -0.2) is 29.9 Å². The van der Waals surface area contributed by atoms with Gasteiger partial charge in [-0.2, -0.15) is 0 Å². The number of nitrogens with one attached hydrogen (secondary N) is 2. The third-order valence-corrected chi connectivity index (χ3v) is 4.85. The fraction of sp³-hybridized carbons (Fsp3) is 0.304. The van der Waals surface area contributed by atoms with Crippen molar-refractivity contribution >= 4 is 28.4 Å². The second-order valence-electron chi connectivity index (χ2n) is 7.23. The van der Waals surface area contributed by atoms with Crippen molar-refractivity contribution in [2.75, 3.05) is 18.0 Å². The van der Waals surface area contributed by atoms with Crippen LogP contribution in [-0.2, 0) is 16.0 Å². The van der Waals surface area contributed by atoms with Gasteiger partial charge in [0.05, 0.1) is 0 Å². The molecule has 0 saturated heterocycles. The maximum atomic E-state index is 12.3. The van der Waals surface area contributed by atoms with Crippen molar-refractivity contribution in [1.29, 1.82) is 0 Å². The third-order valence-electron chi connectivity index (χ3n) is 4.85. The first-order valence-corrected chi connectivity index (χ1v) is 9.62. The van der Waals surface area contributed by atoms with Crippen LogP contribution in [0.15, 0.2) is 48.7 Å². The van der Waals surface area contributed by atoms with Crippen LogP contribution in [0.1, 0.15) is 30.0 Å². The molecule has 0 aliphatic heterocycles. The van der Waals surface area contributed by atoms with Crippen molar-refractivity contribution in [3.63, 3.8) is 0 Å². The lowest BCUT2D eigenvalue weighted by Gasteiger charge is -2.22. The molecule has 146 valence electrons. The Balaban J connectivity index is 1.53. The van der Waals surface area contributed by atoms with Crippen LogP contribution in [0.5, 0.6) is 0 Å². The van der Waals surface area contributed by atoms with Gasteiger partial charge in [-0.05, 0) is 55.2 Å². The van der Waals surface area contributed by atoms with Crippen molar-refractivity contribution in [2.24, 2.45) is 0 Å².